The smallest absolute Gasteiger partial charge is 0.364 e. The molecule has 24 N–H and O–H groups in total. The van der Waals surface area contributed by atoms with E-state index in [4.69, 9.17) is 56.8 Å². The van der Waals surface area contributed by atoms with E-state index in [1.807, 2.05) is 0 Å². The molecule has 6 aliphatic rings. The van der Waals surface area contributed by atoms with Gasteiger partial charge in [-0.15, -0.1) is 0 Å². The highest BCUT2D eigenvalue weighted by atomic mass is 16.8. The van der Waals surface area contributed by atoms with Crippen LogP contribution in [0.3, 0.4) is 0 Å². The van der Waals surface area contributed by atoms with Gasteiger partial charge in [0.25, 0.3) is 5.79 Å². The van der Waals surface area contributed by atoms with Crippen LogP contribution in [0.4, 0.5) is 0 Å². The van der Waals surface area contributed by atoms with Crippen molar-refractivity contribution in [3.05, 3.63) is 0 Å². The molecule has 34 atom stereocenters. The standard InChI is InChI=1S/C79H144N2O37/c1-5-6-7-8-9-10-11-12-13-14-15-16-17-18-19-24-27-30-33-46(90)72(104)81-44(55(93)45(89)32-29-26-23-21-20-22-25-28-31-42(2)3)41-107-73-62(100)60(98)67(52(39-86)111-73)114-77-64(102)70(58(96)51(38-85)110-77)118-79(78(105)106)34-49(54(80-43(4)88)69(117-79)56(94)47(91)35-82)108-76-65(103)71(116-75-63(101)59(97)66(113-75)48(92)36-83)68(53(40-87)112-76)115-74-61(99)57(95)50(37-84)109-74/h42,44-71,73-77,82-87,89-103H,5-41H2,1-4H3,(H,80,88)(H,81,104)(H,105,106)/t44-,45+,46+,47+,48+,49-,50-,51+,52+,53+,54+,55-,56+,57-,58-,59+,60+,61+,62+,63+,64+,65+,66-,67+,68-,69+,70-,71+,73+,74-,75-,76-,77-,79-/m0/s1. The molecule has 0 aromatic heterocycles. The van der Waals surface area contributed by atoms with E-state index >= 15 is 0 Å². The van der Waals surface area contributed by atoms with Gasteiger partial charge < -0.3 is 180 Å². The molecule has 0 unspecified atom stereocenters. The Morgan fingerprint density at radius 1 is 0.441 bits per heavy atom. The molecule has 692 valence electrons. The van der Waals surface area contributed by atoms with Gasteiger partial charge >= 0.3 is 5.97 Å². The molecule has 0 aliphatic carbocycles. The number of carbonyl (C=O) groups excluding carboxylic acids is 2. The lowest BCUT2D eigenvalue weighted by Gasteiger charge is -2.52. The monoisotopic (exact) mass is 1710 g/mol. The number of amides is 2. The van der Waals surface area contributed by atoms with Gasteiger partial charge in [0, 0.05) is 13.3 Å². The maximum atomic E-state index is 14.1. The number of aliphatic carboxylic acids is 1. The van der Waals surface area contributed by atoms with Gasteiger partial charge in [-0.3, -0.25) is 9.59 Å². The number of unbranched alkanes of at least 4 members (excludes halogenated alkanes) is 24. The molecule has 0 saturated carbocycles. The van der Waals surface area contributed by atoms with E-state index in [1.165, 1.54) is 83.5 Å². The number of aliphatic hydroxyl groups is 21. The molecule has 6 fully saturated rings. The molecular weight excluding hydrogens is 1570 g/mol. The fourth-order valence-corrected chi connectivity index (χ4v) is 16.0. The zero-order valence-electron chi connectivity index (χ0n) is 68.8. The summed E-state index contributed by atoms with van der Waals surface area (Å²) in [6.45, 7) is 0.107. The maximum absolute atomic E-state index is 14.1. The van der Waals surface area contributed by atoms with Gasteiger partial charge in [-0.2, -0.15) is 0 Å². The Kier molecular flexibility index (Phi) is 47.1. The third-order valence-electron chi connectivity index (χ3n) is 23.2. The van der Waals surface area contributed by atoms with Crippen molar-refractivity contribution in [2.24, 2.45) is 5.92 Å². The summed E-state index contributed by atoms with van der Waals surface area (Å²) in [4.78, 5) is 41.0. The van der Waals surface area contributed by atoms with Crippen molar-refractivity contribution in [2.45, 2.75) is 428 Å². The summed E-state index contributed by atoms with van der Waals surface area (Å²) >= 11 is 0. The lowest BCUT2D eigenvalue weighted by molar-refractivity contribution is -0.395. The number of aliphatic hydroxyl groups excluding tert-OH is 21. The lowest BCUT2D eigenvalue weighted by atomic mass is 9.87. The van der Waals surface area contributed by atoms with Crippen LogP contribution >= 0.6 is 0 Å². The number of carboxylic acid groups (broad SMARTS) is 1. The molecule has 2 amide bonds. The molecule has 118 heavy (non-hydrogen) atoms. The summed E-state index contributed by atoms with van der Waals surface area (Å²) < 4.78 is 70.7. The minimum atomic E-state index is -3.51. The lowest BCUT2D eigenvalue weighted by Crippen LogP contribution is -2.72. The summed E-state index contributed by atoms with van der Waals surface area (Å²) in [7, 11) is 0. The predicted molar refractivity (Wildman–Crippen MR) is 410 cm³/mol. The Hall–Kier alpha value is -2.91. The van der Waals surface area contributed by atoms with Gasteiger partial charge in [0.1, 0.15) is 146 Å². The molecule has 0 spiro atoms. The summed E-state index contributed by atoms with van der Waals surface area (Å²) in [5, 5.41) is 249. The van der Waals surface area contributed by atoms with Crippen LogP contribution in [0.2, 0.25) is 0 Å². The normalized spacial score (nSPS) is 35.8. The summed E-state index contributed by atoms with van der Waals surface area (Å²) in [6, 6.07) is -3.48. The van der Waals surface area contributed by atoms with Crippen molar-refractivity contribution in [3.63, 3.8) is 0 Å². The first kappa shape index (κ1) is 104. The second kappa shape index (κ2) is 53.5. The SMILES string of the molecule is CCCCCCCCCCCCCCCCCCCC[C@@H](O)C(=O)N[C@@H](CO[C@@H]1O[C@H](CO)[C@@H](O[C@@H]2O[C@H](CO)[C@H](O)[C@H](O[C@]3(C(=O)O)C[C@H](O[C@H]4O[C@H](CO)[C@H](O[C@@H]5O[C@@H](CO)[C@H](O)[C@H]5O)[C@H](O[C@@H]5O[C@@H]([C@H](O)CO)[C@H](O)[C@H]5O)[C@H]4O)[C@@H](NC(C)=O)[C@H]([C@H](O)[C@H](O)CO)O3)[C@H]2O)[C@H](O)[C@H]1O)[C@H](O)[C@H](O)CCCCCCCCCCC(C)C. The number of carboxylic acids is 1. The van der Waals surface area contributed by atoms with Crippen LogP contribution in [-0.4, -0.2) is 384 Å². The van der Waals surface area contributed by atoms with Gasteiger partial charge in [0.05, 0.1) is 70.5 Å². The van der Waals surface area contributed by atoms with Crippen LogP contribution < -0.4 is 10.6 Å². The molecule has 0 aromatic rings. The van der Waals surface area contributed by atoms with Crippen LogP contribution in [-0.2, 0) is 71.2 Å². The average molecular weight is 1710 g/mol. The number of rotatable bonds is 58. The zero-order valence-corrected chi connectivity index (χ0v) is 68.8. The fraction of sp³-hybridized carbons (Fsp3) is 0.962. The highest BCUT2D eigenvalue weighted by molar-refractivity contribution is 5.80. The highest BCUT2D eigenvalue weighted by Gasteiger charge is 2.63. The summed E-state index contributed by atoms with van der Waals surface area (Å²) in [5.41, 5.74) is 0. The summed E-state index contributed by atoms with van der Waals surface area (Å²) in [6.07, 6.45) is -35.6. The van der Waals surface area contributed by atoms with E-state index in [9.17, 15) is 127 Å². The van der Waals surface area contributed by atoms with Crippen molar-refractivity contribution in [1.82, 2.24) is 10.6 Å². The topological polar surface area (TPSA) is 631 Å². The van der Waals surface area contributed by atoms with Crippen LogP contribution in [0.5, 0.6) is 0 Å². The molecule has 0 bridgehead atoms. The minimum absolute atomic E-state index is 0.0721. The average Bonchev–Trinajstić information content (AvgIpc) is 1.08. The Morgan fingerprint density at radius 3 is 1.37 bits per heavy atom. The minimum Gasteiger partial charge on any atom is -0.477 e. The van der Waals surface area contributed by atoms with Gasteiger partial charge in [-0.05, 0) is 18.8 Å². The molecule has 0 aromatic carbocycles. The van der Waals surface area contributed by atoms with Crippen molar-refractivity contribution >= 4 is 17.8 Å². The van der Waals surface area contributed by atoms with Crippen LogP contribution in [0.25, 0.3) is 0 Å². The van der Waals surface area contributed by atoms with Crippen molar-refractivity contribution < 1.29 is 184 Å². The Morgan fingerprint density at radius 2 is 0.873 bits per heavy atom. The van der Waals surface area contributed by atoms with E-state index < -0.39 is 278 Å². The second-order valence-corrected chi connectivity index (χ2v) is 33.0. The molecule has 39 nitrogen and oxygen atoms in total. The molecule has 6 heterocycles. The third-order valence-corrected chi connectivity index (χ3v) is 23.2. The Bertz CT molecular complexity index is 2750. The molecule has 6 aliphatic heterocycles. The number of ether oxygens (including phenoxy) is 12. The second-order valence-electron chi connectivity index (χ2n) is 33.0. The number of hydrogen-bond donors (Lipinski definition) is 24. The van der Waals surface area contributed by atoms with E-state index in [0.29, 0.717) is 18.8 Å². The Labute approximate surface area is 690 Å². The third kappa shape index (κ3) is 30.4. The van der Waals surface area contributed by atoms with Gasteiger partial charge in [0.15, 0.2) is 31.5 Å². The summed E-state index contributed by atoms with van der Waals surface area (Å²) in [5.74, 6) is -7.00. The van der Waals surface area contributed by atoms with Crippen molar-refractivity contribution in [1.29, 1.82) is 0 Å². The maximum Gasteiger partial charge on any atom is 0.364 e. The molecule has 6 rings (SSSR count). The van der Waals surface area contributed by atoms with Crippen molar-refractivity contribution in [3.8, 4) is 0 Å². The number of carbonyl (C=O) groups is 3. The van der Waals surface area contributed by atoms with E-state index in [2.05, 4.69) is 31.4 Å². The molecule has 39 heteroatoms. The Balaban J connectivity index is 1.18. The van der Waals surface area contributed by atoms with Crippen LogP contribution in [0, 0.1) is 5.92 Å². The van der Waals surface area contributed by atoms with Gasteiger partial charge in [0.2, 0.25) is 11.8 Å². The van der Waals surface area contributed by atoms with E-state index in [0.717, 1.165) is 84.0 Å². The molecule has 6 saturated heterocycles. The fourth-order valence-electron chi connectivity index (χ4n) is 16.0. The molecule has 0 radical (unpaired) electrons. The molecular formula is C79H144N2O37. The quantitative estimate of drug-likeness (QED) is 0.0262. The van der Waals surface area contributed by atoms with Gasteiger partial charge in [-0.1, -0.05) is 194 Å². The zero-order chi connectivity index (χ0) is 86.9. The highest BCUT2D eigenvalue weighted by Crippen LogP contribution is 2.43. The number of nitrogens with one attached hydrogen (secondary N) is 2. The first-order chi connectivity index (χ1) is 56.4. The van der Waals surface area contributed by atoms with E-state index in [1.54, 1.807) is 0 Å². The van der Waals surface area contributed by atoms with Crippen molar-refractivity contribution in [2.75, 3.05) is 46.2 Å². The predicted octanol–water partition coefficient (Wildman–Crippen LogP) is -3.53. The van der Waals surface area contributed by atoms with Crippen LogP contribution in [0.1, 0.15) is 220 Å². The first-order valence-electron chi connectivity index (χ1n) is 42.9. The largest absolute Gasteiger partial charge is 0.477 e. The van der Waals surface area contributed by atoms with Gasteiger partial charge in [-0.25, -0.2) is 4.79 Å². The van der Waals surface area contributed by atoms with Crippen LogP contribution in [0.15, 0.2) is 0 Å². The number of hydrogen-bond acceptors (Lipinski definition) is 36. The van der Waals surface area contributed by atoms with E-state index in [-0.39, 0.29) is 12.8 Å². The first-order valence-corrected chi connectivity index (χ1v) is 42.9.